The van der Waals surface area contributed by atoms with E-state index in [1.54, 1.807) is 24.9 Å². The maximum Gasteiger partial charge on any atom is 0.246 e. The average Bonchev–Trinajstić information content (AvgIpc) is 2.40. The Morgan fingerprint density at radius 3 is 2.60 bits per heavy atom. The number of sulfonamides is 1. The van der Waals surface area contributed by atoms with Crippen molar-refractivity contribution in [1.29, 1.82) is 0 Å². The molecule has 0 saturated carbocycles. The molecular weight excluding hydrogens is 364 g/mol. The molecule has 114 valence electrons. The largest absolute Gasteiger partial charge is 0.495 e. The molecule has 0 fully saturated rings. The monoisotopic (exact) mass is 382 g/mol. The number of benzene rings is 1. The first-order valence-electron chi connectivity index (χ1n) is 5.85. The van der Waals surface area contributed by atoms with Crippen LogP contribution in [0.1, 0.15) is 6.92 Å². The molecule has 0 aliphatic heterocycles. The first-order valence-corrected chi connectivity index (χ1v) is 9.48. The van der Waals surface area contributed by atoms with Gasteiger partial charge in [-0.1, -0.05) is 0 Å². The molecule has 1 aromatic carbocycles. The molecule has 0 saturated heterocycles. The van der Waals surface area contributed by atoms with E-state index in [1.165, 1.54) is 17.5 Å². The van der Waals surface area contributed by atoms with Crippen LogP contribution in [0, 0.1) is 0 Å². The minimum Gasteiger partial charge on any atom is -0.495 e. The fourth-order valence-electron chi connectivity index (χ4n) is 1.65. The quantitative estimate of drug-likeness (QED) is 0.764. The summed E-state index contributed by atoms with van der Waals surface area (Å²) in [4.78, 5) is 0.0798. The Morgan fingerprint density at radius 1 is 1.50 bits per heavy atom. The van der Waals surface area contributed by atoms with E-state index >= 15 is 0 Å². The third-order valence-corrected chi connectivity index (χ3v) is 6.46. The van der Waals surface area contributed by atoms with Gasteiger partial charge in [-0.3, -0.25) is 0 Å². The smallest absolute Gasteiger partial charge is 0.246 e. The molecule has 0 bridgehead atoms. The van der Waals surface area contributed by atoms with Gasteiger partial charge in [0, 0.05) is 29.0 Å². The van der Waals surface area contributed by atoms with E-state index in [2.05, 4.69) is 15.9 Å². The number of nitrogen functional groups attached to an aromatic ring is 1. The molecule has 1 rings (SSSR count). The lowest BCUT2D eigenvalue weighted by molar-refractivity contribution is 0.389. The zero-order valence-electron chi connectivity index (χ0n) is 11.9. The molecular formula is C12H19BrN2O3S2. The lowest BCUT2D eigenvalue weighted by Crippen LogP contribution is -2.36. The number of nitrogens with two attached hydrogens (primary N) is 1. The van der Waals surface area contributed by atoms with E-state index in [1.807, 2.05) is 13.2 Å². The maximum absolute atomic E-state index is 12.7. The second-order valence-corrected chi connectivity index (χ2v) is 8.08. The van der Waals surface area contributed by atoms with Crippen LogP contribution in [0.25, 0.3) is 0 Å². The Bertz CT molecular complexity index is 578. The topological polar surface area (TPSA) is 72.6 Å². The molecule has 1 atom stereocenters. The normalized spacial score (nSPS) is 13.5. The molecule has 8 heteroatoms. The maximum atomic E-state index is 12.7. The van der Waals surface area contributed by atoms with Crippen molar-refractivity contribution in [2.75, 3.05) is 31.9 Å². The number of hydrogen-bond donors (Lipinski definition) is 1. The molecule has 0 amide bonds. The van der Waals surface area contributed by atoms with Crippen LogP contribution in [0.15, 0.2) is 21.5 Å². The summed E-state index contributed by atoms with van der Waals surface area (Å²) < 4.78 is 32.4. The Morgan fingerprint density at radius 2 is 2.10 bits per heavy atom. The molecule has 0 aromatic heterocycles. The number of thioether (sulfide) groups is 1. The SMILES string of the molecule is COc1cc(Br)c(N)cc1S(=O)(=O)N(C)C(C)CSC. The van der Waals surface area contributed by atoms with Crippen LogP contribution in [-0.4, -0.2) is 44.9 Å². The fourth-order valence-corrected chi connectivity index (χ4v) is 4.30. The Kier molecular flexibility index (Phi) is 6.18. The second-order valence-electron chi connectivity index (χ2n) is 4.35. The lowest BCUT2D eigenvalue weighted by Gasteiger charge is -2.24. The number of nitrogens with zero attached hydrogens (tertiary/aromatic N) is 1. The number of ether oxygens (including phenoxy) is 1. The molecule has 0 radical (unpaired) electrons. The van der Waals surface area contributed by atoms with Gasteiger partial charge in [0.1, 0.15) is 10.6 Å². The van der Waals surface area contributed by atoms with Crippen LogP contribution in [0.2, 0.25) is 0 Å². The van der Waals surface area contributed by atoms with Crippen LogP contribution in [0.5, 0.6) is 5.75 Å². The Labute approximate surface area is 133 Å². The van der Waals surface area contributed by atoms with Gasteiger partial charge in [0.25, 0.3) is 0 Å². The van der Waals surface area contributed by atoms with Gasteiger partial charge in [0.2, 0.25) is 10.0 Å². The van der Waals surface area contributed by atoms with Crippen molar-refractivity contribution in [3.63, 3.8) is 0 Å². The summed E-state index contributed by atoms with van der Waals surface area (Å²) in [6, 6.07) is 2.86. The van der Waals surface area contributed by atoms with Crippen molar-refractivity contribution in [3.8, 4) is 5.75 Å². The van der Waals surface area contributed by atoms with Crippen LogP contribution in [0.4, 0.5) is 5.69 Å². The van der Waals surface area contributed by atoms with Crippen molar-refractivity contribution >= 4 is 43.4 Å². The summed E-state index contributed by atoms with van der Waals surface area (Å²) in [5.41, 5.74) is 6.14. The van der Waals surface area contributed by atoms with Gasteiger partial charge >= 0.3 is 0 Å². The molecule has 1 aromatic rings. The van der Waals surface area contributed by atoms with E-state index in [9.17, 15) is 8.42 Å². The summed E-state index contributed by atoms with van der Waals surface area (Å²) >= 11 is 4.86. The highest BCUT2D eigenvalue weighted by molar-refractivity contribution is 9.10. The summed E-state index contributed by atoms with van der Waals surface area (Å²) in [5.74, 6) is 0.985. The van der Waals surface area contributed by atoms with Gasteiger partial charge in [-0.05, 0) is 41.2 Å². The molecule has 2 N–H and O–H groups in total. The van der Waals surface area contributed by atoms with Gasteiger partial charge in [-0.25, -0.2) is 8.42 Å². The van der Waals surface area contributed by atoms with Gasteiger partial charge < -0.3 is 10.5 Å². The first kappa shape index (κ1) is 17.6. The predicted molar refractivity (Wildman–Crippen MR) is 87.9 cm³/mol. The van der Waals surface area contributed by atoms with E-state index in [4.69, 9.17) is 10.5 Å². The summed E-state index contributed by atoms with van der Waals surface area (Å²) in [6.45, 7) is 1.86. The number of halogens is 1. The first-order chi connectivity index (χ1) is 9.25. The molecule has 0 heterocycles. The van der Waals surface area contributed by atoms with Crippen molar-refractivity contribution < 1.29 is 13.2 Å². The van der Waals surface area contributed by atoms with Crippen molar-refractivity contribution in [1.82, 2.24) is 4.31 Å². The van der Waals surface area contributed by atoms with E-state index < -0.39 is 10.0 Å². The third-order valence-electron chi connectivity index (χ3n) is 2.97. The van der Waals surface area contributed by atoms with Gasteiger partial charge in [0.15, 0.2) is 0 Å². The van der Waals surface area contributed by atoms with Crippen LogP contribution >= 0.6 is 27.7 Å². The molecule has 1 unspecified atom stereocenters. The number of rotatable bonds is 6. The molecule has 0 spiro atoms. The predicted octanol–water partition coefficient (Wildman–Crippen LogP) is 2.41. The highest BCUT2D eigenvalue weighted by Gasteiger charge is 2.29. The fraction of sp³-hybridized carbons (Fsp3) is 0.500. The average molecular weight is 383 g/mol. The summed E-state index contributed by atoms with van der Waals surface area (Å²) in [7, 11) is -0.652. The minimum absolute atomic E-state index is 0.0798. The number of anilines is 1. The minimum atomic E-state index is -3.65. The molecule has 0 aliphatic carbocycles. The van der Waals surface area contributed by atoms with Crippen molar-refractivity contribution in [2.24, 2.45) is 0 Å². The van der Waals surface area contributed by atoms with E-state index in [0.29, 0.717) is 15.9 Å². The van der Waals surface area contributed by atoms with Crippen molar-refractivity contribution in [3.05, 3.63) is 16.6 Å². The van der Waals surface area contributed by atoms with E-state index in [0.717, 1.165) is 0 Å². The van der Waals surface area contributed by atoms with Crippen molar-refractivity contribution in [2.45, 2.75) is 17.9 Å². The highest BCUT2D eigenvalue weighted by Crippen LogP contribution is 2.34. The number of hydrogen-bond acceptors (Lipinski definition) is 5. The van der Waals surface area contributed by atoms with Gasteiger partial charge in [-0.2, -0.15) is 16.1 Å². The van der Waals surface area contributed by atoms with Gasteiger partial charge in [0.05, 0.1) is 7.11 Å². The third kappa shape index (κ3) is 3.60. The zero-order chi connectivity index (χ0) is 15.5. The standard InChI is InChI=1S/C12H19BrN2O3S2/c1-8(7-19-4)15(2)20(16,17)12-6-10(14)9(13)5-11(12)18-3/h5-6,8H,7,14H2,1-4H3. The number of methoxy groups -OCH3 is 1. The summed E-state index contributed by atoms with van der Waals surface area (Å²) in [6.07, 6.45) is 1.94. The lowest BCUT2D eigenvalue weighted by atomic mass is 10.3. The van der Waals surface area contributed by atoms with Crippen LogP contribution < -0.4 is 10.5 Å². The summed E-state index contributed by atoms with van der Waals surface area (Å²) in [5, 5.41) is 0. The zero-order valence-corrected chi connectivity index (χ0v) is 15.1. The van der Waals surface area contributed by atoms with Crippen LogP contribution in [0.3, 0.4) is 0 Å². The molecule has 0 aliphatic rings. The Balaban J connectivity index is 3.31. The molecule has 20 heavy (non-hydrogen) atoms. The Hall–Kier alpha value is -0.440. The second kappa shape index (κ2) is 7.02. The highest BCUT2D eigenvalue weighted by atomic mass is 79.9. The van der Waals surface area contributed by atoms with Crippen LogP contribution in [-0.2, 0) is 10.0 Å². The van der Waals surface area contributed by atoms with E-state index in [-0.39, 0.29) is 16.7 Å². The molecule has 5 nitrogen and oxygen atoms in total. The van der Waals surface area contributed by atoms with Gasteiger partial charge in [-0.15, -0.1) is 0 Å².